The smallest absolute Gasteiger partial charge is 0.137 e. The second-order valence-corrected chi connectivity index (χ2v) is 14.1. The second-order valence-electron chi connectivity index (χ2n) is 14.1. The van der Waals surface area contributed by atoms with Gasteiger partial charge in [-0.3, -0.25) is 4.57 Å². The average Bonchev–Trinajstić information content (AvgIpc) is 3.60. The third-order valence-corrected chi connectivity index (χ3v) is 10.2. The van der Waals surface area contributed by atoms with Crippen molar-refractivity contribution in [3.63, 3.8) is 0 Å². The molecule has 0 saturated carbocycles. The predicted octanol–water partition coefficient (Wildman–Crippen LogP) is 12.2. The molecule has 7 rings (SSSR count). The van der Waals surface area contributed by atoms with Crippen molar-refractivity contribution in [2.24, 2.45) is 5.92 Å². The molecule has 0 N–H and O–H groups in total. The van der Waals surface area contributed by atoms with E-state index in [-0.39, 0.29) is 0 Å². The van der Waals surface area contributed by atoms with Crippen molar-refractivity contribution < 1.29 is 4.74 Å². The largest absolute Gasteiger partial charge is 0.457 e. The molecule has 0 aliphatic carbocycles. The first-order chi connectivity index (χ1) is 24.2. The van der Waals surface area contributed by atoms with Crippen molar-refractivity contribution >= 4 is 21.8 Å². The Balaban J connectivity index is 1.30. The second kappa shape index (κ2) is 14.0. The van der Waals surface area contributed by atoms with Crippen LogP contribution < -0.4 is 4.74 Å². The molecule has 0 amide bonds. The quantitative estimate of drug-likeness (QED) is 0.139. The zero-order valence-corrected chi connectivity index (χ0v) is 30.5. The van der Waals surface area contributed by atoms with Crippen LogP contribution in [0.5, 0.6) is 11.5 Å². The van der Waals surface area contributed by atoms with Gasteiger partial charge in [-0.15, -0.1) is 0 Å². The van der Waals surface area contributed by atoms with E-state index in [2.05, 4.69) is 149 Å². The van der Waals surface area contributed by atoms with Crippen molar-refractivity contribution in [2.75, 3.05) is 0 Å². The maximum atomic E-state index is 6.72. The van der Waals surface area contributed by atoms with Gasteiger partial charge < -0.3 is 4.74 Å². The van der Waals surface area contributed by atoms with Crippen LogP contribution in [0.25, 0.3) is 44.4 Å². The van der Waals surface area contributed by atoms with Gasteiger partial charge in [-0.05, 0) is 116 Å². The number of hydrogen-bond donors (Lipinski definition) is 0. The zero-order valence-electron chi connectivity index (χ0n) is 30.5. The molecule has 0 aliphatic rings. The minimum Gasteiger partial charge on any atom is -0.457 e. The summed E-state index contributed by atoms with van der Waals surface area (Å²) < 4.78 is 11.1. The molecule has 2 unspecified atom stereocenters. The van der Waals surface area contributed by atoms with Crippen LogP contribution in [0.15, 0.2) is 103 Å². The van der Waals surface area contributed by atoms with Gasteiger partial charge in [0.15, 0.2) is 0 Å². The fraction of sp³-hybridized carbons (Fsp3) is 0.289. The van der Waals surface area contributed by atoms with Crippen LogP contribution in [0.1, 0.15) is 81.0 Å². The molecule has 0 saturated heterocycles. The molecule has 0 radical (unpaired) electrons. The van der Waals surface area contributed by atoms with Gasteiger partial charge in [-0.2, -0.15) is 5.10 Å². The van der Waals surface area contributed by atoms with E-state index in [1.807, 2.05) is 12.3 Å². The Morgan fingerprint density at radius 1 is 0.760 bits per heavy atom. The number of rotatable bonds is 11. The van der Waals surface area contributed by atoms with Crippen molar-refractivity contribution in [3.05, 3.63) is 131 Å². The van der Waals surface area contributed by atoms with Crippen molar-refractivity contribution in [3.8, 4) is 34.1 Å². The molecule has 0 fully saturated rings. The van der Waals surface area contributed by atoms with Gasteiger partial charge in [0.2, 0.25) is 0 Å². The number of aromatic nitrogens is 4. The Morgan fingerprint density at radius 3 is 2.34 bits per heavy atom. The molecule has 5 heteroatoms. The van der Waals surface area contributed by atoms with E-state index < -0.39 is 0 Å². The molecule has 0 bridgehead atoms. The summed E-state index contributed by atoms with van der Waals surface area (Å²) in [5.74, 6) is 3.69. The van der Waals surface area contributed by atoms with Crippen molar-refractivity contribution in [1.29, 1.82) is 0 Å². The Morgan fingerprint density at radius 2 is 1.58 bits per heavy atom. The normalized spacial score (nSPS) is 12.9. The van der Waals surface area contributed by atoms with Crippen LogP contribution in [0.4, 0.5) is 0 Å². The van der Waals surface area contributed by atoms with Crippen LogP contribution in [0.2, 0.25) is 0 Å². The minimum absolute atomic E-state index is 0.491. The summed E-state index contributed by atoms with van der Waals surface area (Å²) in [6, 6.07) is 34.7. The van der Waals surface area contributed by atoms with Crippen molar-refractivity contribution in [2.45, 2.75) is 80.1 Å². The number of fused-ring (bicyclic) bond motifs is 3. The lowest BCUT2D eigenvalue weighted by atomic mass is 9.88. The van der Waals surface area contributed by atoms with E-state index in [0.29, 0.717) is 11.8 Å². The molecule has 4 aromatic carbocycles. The highest BCUT2D eigenvalue weighted by molar-refractivity contribution is 6.09. The molecule has 50 heavy (non-hydrogen) atoms. The number of nitrogens with zero attached hydrogens (tertiary/aromatic N) is 4. The summed E-state index contributed by atoms with van der Waals surface area (Å²) in [5, 5.41) is 7.44. The molecule has 0 spiro atoms. The Hall–Kier alpha value is -5.16. The lowest BCUT2D eigenvalue weighted by Crippen LogP contribution is -2.02. The van der Waals surface area contributed by atoms with Gasteiger partial charge in [0.1, 0.15) is 17.3 Å². The molecule has 2 atom stereocenters. The summed E-state index contributed by atoms with van der Waals surface area (Å²) in [5.41, 5.74) is 11.5. The maximum absolute atomic E-state index is 6.72. The lowest BCUT2D eigenvalue weighted by Gasteiger charge is -2.17. The minimum atomic E-state index is 0.491. The lowest BCUT2D eigenvalue weighted by molar-refractivity contribution is 0.449. The van der Waals surface area contributed by atoms with E-state index in [4.69, 9.17) is 14.8 Å². The topological polar surface area (TPSA) is 44.9 Å². The van der Waals surface area contributed by atoms with Gasteiger partial charge in [0.25, 0.3) is 0 Å². The van der Waals surface area contributed by atoms with Gasteiger partial charge in [0.05, 0.1) is 22.4 Å². The van der Waals surface area contributed by atoms with Gasteiger partial charge in [0, 0.05) is 40.4 Å². The number of benzene rings is 4. The van der Waals surface area contributed by atoms with Gasteiger partial charge in [-0.1, -0.05) is 76.9 Å². The number of pyridine rings is 1. The molecule has 7 aromatic rings. The molecule has 254 valence electrons. The number of aryl methyl sites for hydroxylation is 3. The Labute approximate surface area is 296 Å². The molecular formula is C45H48N4O. The van der Waals surface area contributed by atoms with Crippen LogP contribution >= 0.6 is 0 Å². The van der Waals surface area contributed by atoms with E-state index in [1.165, 1.54) is 57.9 Å². The van der Waals surface area contributed by atoms with E-state index in [9.17, 15) is 0 Å². The molecule has 5 nitrogen and oxygen atoms in total. The summed E-state index contributed by atoms with van der Waals surface area (Å²) in [6.07, 6.45) is 6.48. The van der Waals surface area contributed by atoms with E-state index in [0.717, 1.165) is 51.8 Å². The van der Waals surface area contributed by atoms with E-state index >= 15 is 0 Å². The highest BCUT2D eigenvalue weighted by Crippen LogP contribution is 2.38. The van der Waals surface area contributed by atoms with Crippen molar-refractivity contribution in [1.82, 2.24) is 19.3 Å². The Bertz CT molecular complexity index is 2290. The third kappa shape index (κ3) is 6.45. The molecule has 3 aromatic heterocycles. The number of ether oxygens (including phenoxy) is 1. The Kier molecular flexibility index (Phi) is 9.33. The summed E-state index contributed by atoms with van der Waals surface area (Å²) in [4.78, 5) is 4.83. The maximum Gasteiger partial charge on any atom is 0.137 e. The molecule has 0 aliphatic heterocycles. The van der Waals surface area contributed by atoms with Crippen LogP contribution in [0.3, 0.4) is 0 Å². The molecular weight excluding hydrogens is 613 g/mol. The summed E-state index contributed by atoms with van der Waals surface area (Å²) >= 11 is 0. The van der Waals surface area contributed by atoms with Crippen LogP contribution in [-0.2, 0) is 6.42 Å². The summed E-state index contributed by atoms with van der Waals surface area (Å²) in [7, 11) is 0. The van der Waals surface area contributed by atoms with Crippen LogP contribution in [-0.4, -0.2) is 19.3 Å². The van der Waals surface area contributed by atoms with E-state index in [1.54, 1.807) is 0 Å². The monoisotopic (exact) mass is 660 g/mol. The van der Waals surface area contributed by atoms with Crippen LogP contribution in [0, 0.1) is 26.7 Å². The standard InChI is InChI=1S/C45H48N4O/c1-8-13-29(3)22-31(5)36-16-19-42-41(26-36)40-18-17-38(28-43(40)48(42)44-23-30(4)20-21-46-44)50-39-25-34(9-2)24-37(27-39)49-33(7)45(32(6)47-49)35-14-11-10-12-15-35/h10-12,14-21,23-29,31H,8-9,13,22H2,1-7H3. The highest BCUT2D eigenvalue weighted by Gasteiger charge is 2.19. The highest BCUT2D eigenvalue weighted by atomic mass is 16.5. The predicted molar refractivity (Wildman–Crippen MR) is 208 cm³/mol. The first-order valence-corrected chi connectivity index (χ1v) is 18.2. The molecule has 3 heterocycles. The van der Waals surface area contributed by atoms with Gasteiger partial charge >= 0.3 is 0 Å². The fourth-order valence-corrected chi connectivity index (χ4v) is 7.71. The zero-order chi connectivity index (χ0) is 34.9. The number of hydrogen-bond acceptors (Lipinski definition) is 3. The average molecular weight is 661 g/mol. The summed E-state index contributed by atoms with van der Waals surface area (Å²) in [6.45, 7) is 15.6. The van der Waals surface area contributed by atoms with Gasteiger partial charge in [-0.25, -0.2) is 9.67 Å². The first-order valence-electron chi connectivity index (χ1n) is 18.2. The SMILES string of the molecule is CCCC(C)CC(C)c1ccc2c(c1)c1ccc(Oc3cc(CC)cc(-n4nc(C)c(-c5ccccc5)c4C)c3)cc1n2-c1cc(C)ccn1. The first kappa shape index (κ1) is 33.3. The third-order valence-electron chi connectivity index (χ3n) is 10.2. The fourth-order valence-electron chi connectivity index (χ4n) is 7.71.